The summed E-state index contributed by atoms with van der Waals surface area (Å²) >= 11 is 0. The Kier molecular flexibility index (Phi) is 7.57. The molecule has 0 aromatic heterocycles. The number of oxime groups is 2. The number of ether oxygens (including phenoxy) is 1. The van der Waals surface area contributed by atoms with Crippen molar-refractivity contribution < 1.29 is 32.4 Å². The molecule has 0 bridgehead atoms. The average Bonchev–Trinajstić information content (AvgIpc) is 2.72. The first-order valence-electron chi connectivity index (χ1n) is 8.81. The summed E-state index contributed by atoms with van der Waals surface area (Å²) in [5, 5.41) is 7.63. The first-order valence-corrected chi connectivity index (χ1v) is 8.81. The second-order valence-corrected chi connectivity index (χ2v) is 6.29. The maximum Gasteiger partial charge on any atom is 0.416 e. The summed E-state index contributed by atoms with van der Waals surface area (Å²) < 4.78 is 43.3. The Morgan fingerprint density at radius 2 is 1.80 bits per heavy atom. The molecule has 0 heterocycles. The van der Waals surface area contributed by atoms with Crippen molar-refractivity contribution in [2.75, 3.05) is 14.2 Å². The lowest BCUT2D eigenvalue weighted by Gasteiger charge is -2.10. The minimum absolute atomic E-state index is 0.00278. The van der Waals surface area contributed by atoms with Crippen LogP contribution in [0.15, 0.2) is 52.8 Å². The van der Waals surface area contributed by atoms with Gasteiger partial charge in [-0.3, -0.25) is 0 Å². The predicted molar refractivity (Wildman–Crippen MR) is 105 cm³/mol. The number of halogens is 3. The van der Waals surface area contributed by atoms with Gasteiger partial charge < -0.3 is 14.4 Å². The summed E-state index contributed by atoms with van der Waals surface area (Å²) in [5.41, 5.74) is 1.78. The van der Waals surface area contributed by atoms with Crippen LogP contribution in [0.1, 0.15) is 34.7 Å². The van der Waals surface area contributed by atoms with Crippen LogP contribution in [0.5, 0.6) is 0 Å². The number of benzene rings is 2. The van der Waals surface area contributed by atoms with Crippen LogP contribution in [0, 0.1) is 6.92 Å². The van der Waals surface area contributed by atoms with Crippen molar-refractivity contribution in [1.29, 1.82) is 0 Å². The van der Waals surface area contributed by atoms with Gasteiger partial charge in [-0.15, -0.1) is 0 Å². The predicted octanol–water partition coefficient (Wildman–Crippen LogP) is 4.48. The zero-order chi connectivity index (χ0) is 22.3. The zero-order valence-corrected chi connectivity index (χ0v) is 16.9. The third kappa shape index (κ3) is 5.82. The monoisotopic (exact) mass is 422 g/mol. The smallest absolute Gasteiger partial charge is 0.416 e. The molecule has 0 aliphatic heterocycles. The van der Waals surface area contributed by atoms with Crippen LogP contribution in [0.2, 0.25) is 0 Å². The van der Waals surface area contributed by atoms with Gasteiger partial charge in [-0.25, -0.2) is 4.79 Å². The lowest BCUT2D eigenvalue weighted by atomic mass is 10.0. The van der Waals surface area contributed by atoms with E-state index in [0.717, 1.165) is 17.7 Å². The fourth-order valence-electron chi connectivity index (χ4n) is 2.58. The van der Waals surface area contributed by atoms with Crippen LogP contribution in [0.3, 0.4) is 0 Å². The van der Waals surface area contributed by atoms with E-state index >= 15 is 0 Å². The summed E-state index contributed by atoms with van der Waals surface area (Å²) in [6, 6.07) is 10.1. The molecule has 2 rings (SSSR count). The number of carbonyl (C=O) groups is 1. The van der Waals surface area contributed by atoms with Crippen LogP contribution < -0.4 is 0 Å². The maximum absolute atomic E-state index is 12.9. The highest BCUT2D eigenvalue weighted by atomic mass is 19.4. The molecule has 0 spiro atoms. The second kappa shape index (κ2) is 9.91. The van der Waals surface area contributed by atoms with Gasteiger partial charge in [0.05, 0.1) is 18.4 Å². The number of nitrogens with zero attached hydrogens (tertiary/aromatic N) is 2. The molecule has 30 heavy (non-hydrogen) atoms. The lowest BCUT2D eigenvalue weighted by Crippen LogP contribution is -2.19. The van der Waals surface area contributed by atoms with Crippen molar-refractivity contribution in [1.82, 2.24) is 0 Å². The third-order valence-corrected chi connectivity index (χ3v) is 4.16. The van der Waals surface area contributed by atoms with Crippen molar-refractivity contribution >= 4 is 17.4 Å². The molecule has 0 saturated heterocycles. The molecule has 9 heteroatoms. The van der Waals surface area contributed by atoms with Gasteiger partial charge in [-0.2, -0.15) is 13.2 Å². The molecule has 0 aliphatic rings. The number of rotatable bonds is 7. The lowest BCUT2D eigenvalue weighted by molar-refractivity contribution is -0.137. The van der Waals surface area contributed by atoms with E-state index in [9.17, 15) is 18.0 Å². The largest absolute Gasteiger partial charge is 0.464 e. The van der Waals surface area contributed by atoms with Gasteiger partial charge in [0.1, 0.15) is 13.7 Å². The van der Waals surface area contributed by atoms with Gasteiger partial charge in [-0.05, 0) is 48.7 Å². The van der Waals surface area contributed by atoms with E-state index < -0.39 is 17.7 Å². The molecule has 0 N–H and O–H groups in total. The van der Waals surface area contributed by atoms with Gasteiger partial charge in [0.25, 0.3) is 0 Å². The van der Waals surface area contributed by atoms with Gasteiger partial charge in [0.15, 0.2) is 5.71 Å². The molecule has 160 valence electrons. The van der Waals surface area contributed by atoms with Gasteiger partial charge >= 0.3 is 12.1 Å². The quantitative estimate of drug-likeness (QED) is 0.375. The number of hydrogen-bond acceptors (Lipinski definition) is 6. The molecule has 0 radical (unpaired) electrons. The Bertz CT molecular complexity index is 969. The van der Waals surface area contributed by atoms with Crippen LogP contribution >= 0.6 is 0 Å². The Morgan fingerprint density at radius 1 is 1.07 bits per heavy atom. The Balaban J connectivity index is 2.18. The third-order valence-electron chi connectivity index (χ3n) is 4.16. The Labute approximate surface area is 171 Å². The Hall–Kier alpha value is -3.36. The van der Waals surface area contributed by atoms with Crippen LogP contribution in [-0.2, 0) is 32.0 Å². The first-order chi connectivity index (χ1) is 14.2. The summed E-state index contributed by atoms with van der Waals surface area (Å²) in [6.07, 6.45) is -4.43. The topological polar surface area (TPSA) is 69.5 Å². The molecule has 0 amide bonds. The second-order valence-electron chi connectivity index (χ2n) is 6.29. The van der Waals surface area contributed by atoms with Gasteiger partial charge in [0, 0.05) is 5.56 Å². The van der Waals surface area contributed by atoms with Crippen LogP contribution in [-0.4, -0.2) is 31.6 Å². The van der Waals surface area contributed by atoms with Crippen molar-refractivity contribution in [2.24, 2.45) is 10.3 Å². The number of hydrogen-bond donors (Lipinski definition) is 0. The van der Waals surface area contributed by atoms with Crippen molar-refractivity contribution in [3.8, 4) is 0 Å². The van der Waals surface area contributed by atoms with E-state index in [2.05, 4.69) is 10.3 Å². The molecule has 0 fully saturated rings. The SMILES string of the molecule is CO/N=C(/C(=O)OC)c1cc(CO/N=C(\C)c2cccc(C(F)(F)F)c2)ccc1C. The van der Waals surface area contributed by atoms with Gasteiger partial charge in [-0.1, -0.05) is 34.6 Å². The maximum atomic E-state index is 12.9. The fourth-order valence-corrected chi connectivity index (χ4v) is 2.58. The minimum atomic E-state index is -4.43. The van der Waals surface area contributed by atoms with E-state index in [-0.39, 0.29) is 12.3 Å². The molecule has 2 aromatic carbocycles. The number of alkyl halides is 3. The van der Waals surface area contributed by atoms with Crippen molar-refractivity contribution in [3.05, 3.63) is 70.3 Å². The highest BCUT2D eigenvalue weighted by molar-refractivity contribution is 6.43. The number of carbonyl (C=O) groups excluding carboxylic acids is 1. The first kappa shape index (κ1) is 22.9. The number of aryl methyl sites for hydroxylation is 1. The summed E-state index contributed by atoms with van der Waals surface area (Å²) in [7, 11) is 2.55. The fraction of sp³-hybridized carbons (Fsp3) is 0.286. The average molecular weight is 422 g/mol. The normalized spacial score (nSPS) is 12.5. The molecule has 0 unspecified atom stereocenters. The molecule has 0 atom stereocenters. The number of methoxy groups -OCH3 is 1. The van der Waals surface area contributed by atoms with E-state index in [4.69, 9.17) is 14.4 Å². The molecule has 0 aliphatic carbocycles. The summed E-state index contributed by atoms with van der Waals surface area (Å²) in [4.78, 5) is 22.0. The van der Waals surface area contributed by atoms with E-state index in [1.54, 1.807) is 32.0 Å². The molecular weight excluding hydrogens is 401 g/mol. The molecule has 6 nitrogen and oxygen atoms in total. The van der Waals surface area contributed by atoms with E-state index in [1.165, 1.54) is 26.4 Å². The standard InChI is InChI=1S/C21H21F3N2O4/c1-13-8-9-15(10-18(13)19(26-29-4)20(27)28-3)12-30-25-14(2)16-6-5-7-17(11-16)21(22,23)24/h5-11H,12H2,1-4H3/b25-14+,26-19+. The van der Waals surface area contributed by atoms with E-state index in [1.807, 2.05) is 0 Å². The number of esters is 1. The van der Waals surface area contributed by atoms with Crippen molar-refractivity contribution in [2.45, 2.75) is 26.6 Å². The minimum Gasteiger partial charge on any atom is -0.464 e. The van der Waals surface area contributed by atoms with Crippen molar-refractivity contribution in [3.63, 3.8) is 0 Å². The van der Waals surface area contributed by atoms with Crippen LogP contribution in [0.4, 0.5) is 13.2 Å². The Morgan fingerprint density at radius 3 is 2.43 bits per heavy atom. The van der Waals surface area contributed by atoms with E-state index in [0.29, 0.717) is 22.4 Å². The summed E-state index contributed by atoms with van der Waals surface area (Å²) in [5.74, 6) is -0.656. The molecule has 0 saturated carbocycles. The van der Waals surface area contributed by atoms with Gasteiger partial charge in [0.2, 0.25) is 0 Å². The highest BCUT2D eigenvalue weighted by Crippen LogP contribution is 2.29. The molecular formula is C21H21F3N2O4. The highest BCUT2D eigenvalue weighted by Gasteiger charge is 2.30. The zero-order valence-electron chi connectivity index (χ0n) is 16.9. The molecule has 2 aromatic rings. The summed E-state index contributed by atoms with van der Waals surface area (Å²) in [6.45, 7) is 3.38. The van der Waals surface area contributed by atoms with Crippen LogP contribution in [0.25, 0.3) is 0 Å².